The van der Waals surface area contributed by atoms with Crippen LogP contribution >= 0.6 is 0 Å². The van der Waals surface area contributed by atoms with Crippen molar-refractivity contribution in [3.05, 3.63) is 86.7 Å². The summed E-state index contributed by atoms with van der Waals surface area (Å²) < 4.78 is 1.50. The highest BCUT2D eigenvalue weighted by molar-refractivity contribution is 6.09. The van der Waals surface area contributed by atoms with Crippen molar-refractivity contribution in [3.8, 4) is 0 Å². The van der Waals surface area contributed by atoms with Gasteiger partial charge in [-0.25, -0.2) is 0 Å². The van der Waals surface area contributed by atoms with Crippen molar-refractivity contribution >= 4 is 23.2 Å². The molecule has 148 valence electrons. The molecule has 0 aliphatic heterocycles. The number of rotatable bonds is 6. The van der Waals surface area contributed by atoms with E-state index >= 15 is 0 Å². The van der Waals surface area contributed by atoms with Gasteiger partial charge in [-0.1, -0.05) is 30.3 Å². The Bertz CT molecular complexity index is 1120. The van der Waals surface area contributed by atoms with E-state index in [2.05, 4.69) is 10.4 Å². The summed E-state index contributed by atoms with van der Waals surface area (Å²) in [4.78, 5) is 35.2. The second kappa shape index (κ2) is 7.93. The van der Waals surface area contributed by atoms with Gasteiger partial charge in [-0.15, -0.1) is 0 Å². The SMILES string of the molecule is Cc1nn(Cc2ccccc2C(=O)Nc2ccccc2C(N)=O)c(C)c1[N+](=O)[O-]. The van der Waals surface area contributed by atoms with Gasteiger partial charge in [0.1, 0.15) is 11.4 Å². The molecule has 0 aliphatic rings. The molecule has 2 amide bonds. The van der Waals surface area contributed by atoms with Crippen molar-refractivity contribution in [1.29, 1.82) is 0 Å². The molecule has 0 radical (unpaired) electrons. The lowest BCUT2D eigenvalue weighted by molar-refractivity contribution is -0.386. The lowest BCUT2D eigenvalue weighted by Crippen LogP contribution is -2.20. The number of nitro groups is 1. The number of nitrogens with zero attached hydrogens (tertiary/aromatic N) is 3. The standard InChI is InChI=1S/C20H19N5O4/c1-12-18(25(28)29)13(2)24(23-12)11-14-7-3-4-8-15(14)20(27)22-17-10-6-5-9-16(17)19(21)26/h3-10H,11H2,1-2H3,(H2,21,26)(H,22,27). The zero-order valence-electron chi connectivity index (χ0n) is 15.9. The van der Waals surface area contributed by atoms with Crippen LogP contribution in [0.3, 0.4) is 0 Å². The highest BCUT2D eigenvalue weighted by Crippen LogP contribution is 2.24. The van der Waals surface area contributed by atoms with Crippen LogP contribution in [0.2, 0.25) is 0 Å². The van der Waals surface area contributed by atoms with Gasteiger partial charge in [0.25, 0.3) is 11.8 Å². The average molecular weight is 393 g/mol. The van der Waals surface area contributed by atoms with Gasteiger partial charge in [0.15, 0.2) is 0 Å². The smallest absolute Gasteiger partial charge is 0.312 e. The predicted octanol–water partition coefficient (Wildman–Crippen LogP) is 2.81. The van der Waals surface area contributed by atoms with Crippen molar-refractivity contribution in [2.24, 2.45) is 5.73 Å². The highest BCUT2D eigenvalue weighted by Gasteiger charge is 2.23. The molecule has 2 aromatic carbocycles. The summed E-state index contributed by atoms with van der Waals surface area (Å²) in [6, 6.07) is 13.3. The minimum atomic E-state index is -0.649. The van der Waals surface area contributed by atoms with Gasteiger partial charge < -0.3 is 11.1 Å². The Balaban J connectivity index is 1.92. The van der Waals surface area contributed by atoms with Crippen LogP contribution in [0.1, 0.15) is 37.7 Å². The third kappa shape index (κ3) is 3.98. The van der Waals surface area contributed by atoms with Gasteiger partial charge in [0, 0.05) is 5.56 Å². The van der Waals surface area contributed by atoms with Crippen molar-refractivity contribution in [2.45, 2.75) is 20.4 Å². The first kappa shape index (κ1) is 19.7. The number of primary amides is 1. The van der Waals surface area contributed by atoms with E-state index < -0.39 is 16.7 Å². The van der Waals surface area contributed by atoms with Gasteiger partial charge in [-0.2, -0.15) is 5.10 Å². The second-order valence-corrected chi connectivity index (χ2v) is 6.46. The fourth-order valence-corrected chi connectivity index (χ4v) is 3.14. The molecule has 1 heterocycles. The third-order valence-corrected chi connectivity index (χ3v) is 4.55. The molecule has 0 aliphatic carbocycles. The fourth-order valence-electron chi connectivity index (χ4n) is 3.14. The number of nitrogens with one attached hydrogen (secondary N) is 1. The van der Waals surface area contributed by atoms with E-state index in [-0.39, 0.29) is 17.8 Å². The third-order valence-electron chi connectivity index (χ3n) is 4.55. The van der Waals surface area contributed by atoms with Crippen LogP contribution in [-0.2, 0) is 6.54 Å². The van der Waals surface area contributed by atoms with Gasteiger partial charge in [0.05, 0.1) is 22.7 Å². The number of nitrogens with two attached hydrogens (primary N) is 1. The number of amides is 2. The van der Waals surface area contributed by atoms with E-state index in [4.69, 9.17) is 5.73 Å². The number of aryl methyl sites for hydroxylation is 1. The molecule has 0 fully saturated rings. The fraction of sp³-hybridized carbons (Fsp3) is 0.150. The number of hydrogen-bond donors (Lipinski definition) is 2. The van der Waals surface area contributed by atoms with Gasteiger partial charge in [-0.05, 0) is 37.6 Å². The first-order chi connectivity index (χ1) is 13.8. The van der Waals surface area contributed by atoms with Crippen LogP contribution in [0.5, 0.6) is 0 Å². The minimum absolute atomic E-state index is 0.0395. The maximum absolute atomic E-state index is 12.9. The van der Waals surface area contributed by atoms with E-state index in [9.17, 15) is 19.7 Å². The van der Waals surface area contributed by atoms with E-state index in [1.807, 2.05) is 0 Å². The normalized spacial score (nSPS) is 10.6. The molecule has 0 unspecified atom stereocenters. The van der Waals surface area contributed by atoms with Gasteiger partial charge in [0.2, 0.25) is 0 Å². The van der Waals surface area contributed by atoms with Crippen molar-refractivity contribution in [1.82, 2.24) is 9.78 Å². The van der Waals surface area contributed by atoms with E-state index in [0.29, 0.717) is 28.2 Å². The highest BCUT2D eigenvalue weighted by atomic mass is 16.6. The second-order valence-electron chi connectivity index (χ2n) is 6.46. The lowest BCUT2D eigenvalue weighted by Gasteiger charge is -2.12. The summed E-state index contributed by atoms with van der Waals surface area (Å²) in [5, 5.41) is 18.2. The largest absolute Gasteiger partial charge is 0.366 e. The number of para-hydroxylation sites is 1. The molecule has 0 bridgehead atoms. The summed E-state index contributed by atoms with van der Waals surface area (Å²) in [6.07, 6.45) is 0. The molecule has 1 aromatic heterocycles. The summed E-state index contributed by atoms with van der Waals surface area (Å²) in [5.74, 6) is -1.07. The Morgan fingerprint density at radius 3 is 2.34 bits per heavy atom. The number of hydrogen-bond acceptors (Lipinski definition) is 5. The first-order valence-corrected chi connectivity index (χ1v) is 8.76. The molecule has 0 atom stereocenters. The van der Waals surface area contributed by atoms with Crippen LogP contribution in [0.25, 0.3) is 0 Å². The van der Waals surface area contributed by atoms with Gasteiger partial charge >= 0.3 is 5.69 Å². The molecule has 3 N–H and O–H groups in total. The lowest BCUT2D eigenvalue weighted by atomic mass is 10.1. The summed E-state index contributed by atoms with van der Waals surface area (Å²) in [6.45, 7) is 3.37. The topological polar surface area (TPSA) is 133 Å². The van der Waals surface area contributed by atoms with E-state index in [1.165, 1.54) is 10.7 Å². The van der Waals surface area contributed by atoms with Crippen LogP contribution in [0, 0.1) is 24.0 Å². The number of carbonyl (C=O) groups is 2. The molecule has 9 heteroatoms. The van der Waals surface area contributed by atoms with Gasteiger partial charge in [-0.3, -0.25) is 24.4 Å². The van der Waals surface area contributed by atoms with E-state index in [0.717, 1.165) is 0 Å². The Morgan fingerprint density at radius 1 is 1.10 bits per heavy atom. The van der Waals surface area contributed by atoms with Crippen molar-refractivity contribution < 1.29 is 14.5 Å². The molecule has 0 spiro atoms. The van der Waals surface area contributed by atoms with Crippen LogP contribution in [-0.4, -0.2) is 26.5 Å². The van der Waals surface area contributed by atoms with Crippen LogP contribution in [0.15, 0.2) is 48.5 Å². The Labute approximate surface area is 166 Å². The Hall–Kier alpha value is -4.01. The molecule has 0 saturated heterocycles. The number of carbonyl (C=O) groups excluding carboxylic acids is 2. The molecule has 29 heavy (non-hydrogen) atoms. The zero-order chi connectivity index (χ0) is 21.1. The predicted molar refractivity (Wildman–Crippen MR) is 107 cm³/mol. The molecule has 3 rings (SSSR count). The number of aromatic nitrogens is 2. The maximum atomic E-state index is 12.9. The van der Waals surface area contributed by atoms with Crippen molar-refractivity contribution in [2.75, 3.05) is 5.32 Å². The molecule has 3 aromatic rings. The first-order valence-electron chi connectivity index (χ1n) is 8.76. The Kier molecular flexibility index (Phi) is 5.40. The van der Waals surface area contributed by atoms with Crippen LogP contribution < -0.4 is 11.1 Å². The molecule has 9 nitrogen and oxygen atoms in total. The summed E-state index contributed by atoms with van der Waals surface area (Å²) in [7, 11) is 0. The van der Waals surface area contributed by atoms with Crippen LogP contribution in [0.4, 0.5) is 11.4 Å². The molecular formula is C20H19N5O4. The van der Waals surface area contributed by atoms with Crippen molar-refractivity contribution in [3.63, 3.8) is 0 Å². The zero-order valence-corrected chi connectivity index (χ0v) is 15.9. The maximum Gasteiger partial charge on any atom is 0.312 e. The minimum Gasteiger partial charge on any atom is -0.366 e. The summed E-state index contributed by atoms with van der Waals surface area (Å²) >= 11 is 0. The number of anilines is 1. The molecular weight excluding hydrogens is 374 g/mol. The molecule has 0 saturated carbocycles. The summed E-state index contributed by atoms with van der Waals surface area (Å²) in [5.41, 5.74) is 7.53. The monoisotopic (exact) mass is 393 g/mol. The Morgan fingerprint density at radius 2 is 1.72 bits per heavy atom. The quantitative estimate of drug-likeness (QED) is 0.491. The number of benzene rings is 2. The average Bonchev–Trinajstić information content (AvgIpc) is 2.95. The van der Waals surface area contributed by atoms with E-state index in [1.54, 1.807) is 56.3 Å².